The molecule has 0 bridgehead atoms. The summed E-state index contributed by atoms with van der Waals surface area (Å²) in [5.41, 5.74) is 6.88. The van der Waals surface area contributed by atoms with Gasteiger partial charge in [0.05, 0.1) is 17.3 Å². The van der Waals surface area contributed by atoms with Crippen molar-refractivity contribution < 1.29 is 18.7 Å². The lowest BCUT2D eigenvalue weighted by atomic mass is 10.00. The fourth-order valence-electron chi connectivity index (χ4n) is 7.48. The Morgan fingerprint density at radius 3 is 2.45 bits per heavy atom. The first-order chi connectivity index (χ1) is 26.8. The average molecular weight is 748 g/mol. The number of carbonyl (C=O) groups excluding carboxylic acids is 2. The van der Waals surface area contributed by atoms with Crippen LogP contribution in [0.4, 0.5) is 10.1 Å². The Balaban J connectivity index is 1.02. The smallest absolute Gasteiger partial charge is 0.270 e. The van der Waals surface area contributed by atoms with Gasteiger partial charge in [-0.2, -0.15) is 5.10 Å². The largest absolute Gasteiger partial charge is 0.381 e. The maximum absolute atomic E-state index is 15.1. The number of ether oxygens (including phenoxy) is 1. The predicted molar refractivity (Wildman–Crippen MR) is 211 cm³/mol. The number of nitrogens with zero attached hydrogens (tertiary/aromatic N) is 5. The van der Waals surface area contributed by atoms with Gasteiger partial charge in [-0.1, -0.05) is 37.3 Å². The lowest BCUT2D eigenvalue weighted by molar-refractivity contribution is 0.0904. The van der Waals surface area contributed by atoms with Crippen molar-refractivity contribution in [1.29, 1.82) is 0 Å². The molecule has 55 heavy (non-hydrogen) atoms. The van der Waals surface area contributed by atoms with Crippen molar-refractivity contribution in [2.45, 2.75) is 78.3 Å². The molecule has 5 heterocycles. The van der Waals surface area contributed by atoms with Crippen LogP contribution in [0.5, 0.6) is 0 Å². The third kappa shape index (κ3) is 9.01. The molecule has 0 unspecified atom stereocenters. The van der Waals surface area contributed by atoms with Crippen molar-refractivity contribution in [3.8, 4) is 11.1 Å². The minimum absolute atomic E-state index is 0.108. The van der Waals surface area contributed by atoms with Crippen LogP contribution in [0.2, 0.25) is 0 Å². The van der Waals surface area contributed by atoms with Crippen LogP contribution in [0.15, 0.2) is 66.9 Å². The van der Waals surface area contributed by atoms with E-state index in [0.29, 0.717) is 37.8 Å². The van der Waals surface area contributed by atoms with Gasteiger partial charge in [-0.05, 0) is 80.1 Å². The second kappa shape index (κ2) is 17.5. The zero-order valence-corrected chi connectivity index (χ0v) is 31.8. The number of amides is 2. The van der Waals surface area contributed by atoms with Crippen molar-refractivity contribution in [3.63, 3.8) is 0 Å². The summed E-state index contributed by atoms with van der Waals surface area (Å²) in [6.45, 7) is 12.4. The van der Waals surface area contributed by atoms with Crippen molar-refractivity contribution in [2.24, 2.45) is 0 Å². The Morgan fingerprint density at radius 1 is 0.945 bits per heavy atom. The lowest BCUT2D eigenvalue weighted by Crippen LogP contribution is -2.48. The second-order valence-electron chi connectivity index (χ2n) is 14.4. The normalized spacial score (nSPS) is 16.6. The molecule has 2 fully saturated rings. The molecule has 1 atom stereocenters. The Morgan fingerprint density at radius 2 is 1.71 bits per heavy atom. The van der Waals surface area contributed by atoms with E-state index in [4.69, 9.17) is 9.72 Å². The molecule has 13 heteroatoms. The Labute approximate surface area is 321 Å². The van der Waals surface area contributed by atoms with Gasteiger partial charge in [0, 0.05) is 87.9 Å². The molecule has 5 aromatic rings. The molecule has 2 aromatic carbocycles. The number of carbonyl (C=O) groups is 2. The summed E-state index contributed by atoms with van der Waals surface area (Å²) in [4.78, 5) is 38.6. The van der Waals surface area contributed by atoms with Gasteiger partial charge in [0.2, 0.25) is 0 Å². The first-order valence-electron chi connectivity index (χ1n) is 19.4. The summed E-state index contributed by atoms with van der Waals surface area (Å²) in [6.07, 6.45) is 4.27. The quantitative estimate of drug-likeness (QED) is 0.124. The first-order valence-corrected chi connectivity index (χ1v) is 19.4. The lowest BCUT2D eigenvalue weighted by Gasteiger charge is -2.31. The summed E-state index contributed by atoms with van der Waals surface area (Å²) < 4.78 is 22.6. The van der Waals surface area contributed by atoms with Gasteiger partial charge in [-0.3, -0.25) is 14.5 Å². The molecule has 12 nitrogen and oxygen atoms in total. The van der Waals surface area contributed by atoms with Crippen LogP contribution in [0, 0.1) is 5.82 Å². The summed E-state index contributed by atoms with van der Waals surface area (Å²) >= 11 is 0. The number of aryl methyl sites for hydroxylation is 2. The number of nitrogens with one attached hydrogen (secondary N) is 4. The van der Waals surface area contributed by atoms with Gasteiger partial charge >= 0.3 is 0 Å². The average Bonchev–Trinajstić information content (AvgIpc) is 3.63. The van der Waals surface area contributed by atoms with Crippen LogP contribution in [0.3, 0.4) is 0 Å². The molecule has 2 amide bonds. The van der Waals surface area contributed by atoms with Gasteiger partial charge in [0.1, 0.15) is 17.2 Å². The number of anilines is 1. The van der Waals surface area contributed by atoms with Crippen molar-refractivity contribution in [3.05, 3.63) is 106 Å². The Bertz CT molecular complexity index is 2150. The minimum Gasteiger partial charge on any atom is -0.381 e. The zero-order valence-electron chi connectivity index (χ0n) is 31.8. The molecule has 0 radical (unpaired) electrons. The number of rotatable bonds is 13. The van der Waals surface area contributed by atoms with Crippen LogP contribution < -0.4 is 21.3 Å². The number of fused-ring (bicyclic) bond motifs is 1. The van der Waals surface area contributed by atoms with Crippen LogP contribution in [0.1, 0.15) is 77.0 Å². The number of pyridine rings is 2. The highest BCUT2D eigenvalue weighted by atomic mass is 19.1. The van der Waals surface area contributed by atoms with Crippen molar-refractivity contribution in [2.75, 3.05) is 38.2 Å². The van der Waals surface area contributed by atoms with Gasteiger partial charge in [-0.15, -0.1) is 0 Å². The van der Waals surface area contributed by atoms with E-state index in [-0.39, 0.29) is 36.3 Å². The highest BCUT2D eigenvalue weighted by Gasteiger charge is 2.23. The van der Waals surface area contributed by atoms with Crippen LogP contribution >= 0.6 is 0 Å². The van der Waals surface area contributed by atoms with Gasteiger partial charge in [-0.25, -0.2) is 19.0 Å². The molecule has 0 spiro atoms. The number of hydrogen-bond donors (Lipinski definition) is 4. The number of benzene rings is 2. The van der Waals surface area contributed by atoms with E-state index >= 15 is 4.39 Å². The molecule has 4 N–H and O–H groups in total. The number of piperazine rings is 1. The zero-order chi connectivity index (χ0) is 38.3. The molecule has 288 valence electrons. The maximum Gasteiger partial charge on any atom is 0.270 e. The summed E-state index contributed by atoms with van der Waals surface area (Å²) in [6, 6.07) is 18.3. The predicted octanol–water partition coefficient (Wildman–Crippen LogP) is 5.46. The SMILES string of the molecule is CCc1nc2c(cnn2CC)c(NC2CCOCC2)c1CNC(=O)c1cccc(C(=O)NCc2ccc(F)c(-c3cccc(CN4CCN[C@H](C)C4)c3)c2)n1. The van der Waals surface area contributed by atoms with E-state index in [9.17, 15) is 9.59 Å². The molecule has 2 aliphatic heterocycles. The first kappa shape index (κ1) is 38.1. The standard InChI is InChI=1S/C42H50FN9O3/c1-4-36-33(39(48-31-14-18-55-19-15-31)34-24-47-52(5-2)40(34)50-36)23-46-42(54)38-11-7-10-37(49-38)41(53)45-22-28-12-13-35(43)32(21-28)30-9-6-8-29(20-30)26-51-17-16-44-27(3)25-51/h6-13,20-21,24,27,31,44H,4-5,14-19,22-23,25-26H2,1-3H3,(H,45,53)(H,46,54)(H,48,50)/t27-/m1/s1. The molecule has 0 saturated carbocycles. The van der Waals surface area contributed by atoms with Gasteiger partial charge in [0.15, 0.2) is 5.65 Å². The molecular formula is C42H50FN9O3. The van der Waals surface area contributed by atoms with E-state index in [1.54, 1.807) is 30.3 Å². The van der Waals surface area contributed by atoms with Crippen molar-refractivity contribution in [1.82, 2.24) is 40.6 Å². The van der Waals surface area contributed by atoms with E-state index in [1.165, 1.54) is 6.07 Å². The van der Waals surface area contributed by atoms with Crippen LogP contribution in [0.25, 0.3) is 22.2 Å². The van der Waals surface area contributed by atoms with Crippen molar-refractivity contribution >= 4 is 28.5 Å². The summed E-state index contributed by atoms with van der Waals surface area (Å²) in [5, 5.41) is 18.6. The summed E-state index contributed by atoms with van der Waals surface area (Å²) in [7, 11) is 0. The third-order valence-electron chi connectivity index (χ3n) is 10.4. The number of aromatic nitrogens is 4. The topological polar surface area (TPSA) is 138 Å². The monoisotopic (exact) mass is 747 g/mol. The number of halogens is 1. The maximum atomic E-state index is 15.1. The van der Waals surface area contributed by atoms with E-state index in [2.05, 4.69) is 49.2 Å². The van der Waals surface area contributed by atoms with E-state index < -0.39 is 11.8 Å². The van der Waals surface area contributed by atoms with Gasteiger partial charge < -0.3 is 26.0 Å². The Hall–Kier alpha value is -5.24. The summed E-state index contributed by atoms with van der Waals surface area (Å²) in [5.74, 6) is -1.17. The van der Waals surface area contributed by atoms with Crippen LogP contribution in [-0.2, 0) is 37.3 Å². The highest BCUT2D eigenvalue weighted by Crippen LogP contribution is 2.31. The van der Waals surface area contributed by atoms with E-state index in [1.807, 2.05) is 42.9 Å². The molecule has 2 saturated heterocycles. The minimum atomic E-state index is -0.438. The second-order valence-corrected chi connectivity index (χ2v) is 14.4. The van der Waals surface area contributed by atoms with E-state index in [0.717, 1.165) is 83.7 Å². The molecule has 3 aromatic heterocycles. The molecular weight excluding hydrogens is 698 g/mol. The van der Waals surface area contributed by atoms with Gasteiger partial charge in [0.25, 0.3) is 11.8 Å². The highest BCUT2D eigenvalue weighted by molar-refractivity contribution is 5.97. The molecule has 7 rings (SSSR count). The molecule has 0 aliphatic carbocycles. The van der Waals surface area contributed by atoms with Crippen LogP contribution in [-0.4, -0.2) is 81.4 Å². The number of hydrogen-bond acceptors (Lipinski definition) is 9. The fourth-order valence-corrected chi connectivity index (χ4v) is 7.48. The fraction of sp³-hybridized carbons (Fsp3) is 0.405. The third-order valence-corrected chi connectivity index (χ3v) is 10.4. The molecule has 2 aliphatic rings. The Kier molecular flexibility index (Phi) is 12.1.